The van der Waals surface area contributed by atoms with Crippen molar-refractivity contribution in [1.29, 1.82) is 0 Å². The highest BCUT2D eigenvalue weighted by atomic mass is 79.9. The first-order valence-corrected chi connectivity index (χ1v) is 13.8. The van der Waals surface area contributed by atoms with Crippen LogP contribution in [0.2, 0.25) is 0 Å². The Bertz CT molecular complexity index is 1800. The predicted octanol–water partition coefficient (Wildman–Crippen LogP) is 4.30. The van der Waals surface area contributed by atoms with Crippen molar-refractivity contribution in [2.24, 2.45) is 11.8 Å². The third-order valence-corrected chi connectivity index (χ3v) is 9.62. The normalized spacial score (nSPS) is 27.3. The van der Waals surface area contributed by atoms with Gasteiger partial charge in [0, 0.05) is 16.1 Å². The van der Waals surface area contributed by atoms with Crippen molar-refractivity contribution in [3.63, 3.8) is 0 Å². The van der Waals surface area contributed by atoms with Crippen molar-refractivity contribution in [2.45, 2.75) is 31.3 Å². The van der Waals surface area contributed by atoms with E-state index in [1.54, 1.807) is 10.6 Å². The molecule has 3 aromatic carbocycles. The van der Waals surface area contributed by atoms with Crippen LogP contribution in [0.15, 0.2) is 76.0 Å². The predicted molar refractivity (Wildman–Crippen MR) is 146 cm³/mol. The number of nitrogens with zero attached hydrogens (tertiary/aromatic N) is 4. The van der Waals surface area contributed by atoms with Crippen LogP contribution in [-0.4, -0.2) is 38.9 Å². The third-order valence-electron chi connectivity index (χ3n) is 8.98. The van der Waals surface area contributed by atoms with E-state index < -0.39 is 17.4 Å². The fourth-order valence-electron chi connectivity index (χ4n) is 7.64. The number of anilines is 1. The number of aromatic nitrogens is 2. The molecule has 188 valence electrons. The van der Waals surface area contributed by atoms with Crippen LogP contribution in [0, 0.1) is 18.8 Å². The number of carbonyl (C=O) groups excluding carboxylic acids is 2. The van der Waals surface area contributed by atoms with E-state index in [0.717, 1.165) is 36.2 Å². The quantitative estimate of drug-likeness (QED) is 0.321. The monoisotopic (exact) mass is 566 g/mol. The molecule has 0 unspecified atom stereocenters. The molecule has 0 bridgehead atoms. The van der Waals surface area contributed by atoms with Crippen molar-refractivity contribution in [2.75, 3.05) is 11.4 Å². The molecule has 4 aromatic rings. The zero-order chi connectivity index (χ0) is 25.9. The van der Waals surface area contributed by atoms with E-state index in [2.05, 4.69) is 20.8 Å². The smallest absolute Gasteiger partial charge is 0.266 e. The summed E-state index contributed by atoms with van der Waals surface area (Å²) in [4.78, 5) is 51.5. The number of rotatable bonds is 1. The minimum absolute atomic E-state index is 0.103. The van der Waals surface area contributed by atoms with Crippen molar-refractivity contribution in [1.82, 2.24) is 14.5 Å². The zero-order valence-electron chi connectivity index (χ0n) is 20.6. The number of amides is 2. The molecule has 0 saturated carbocycles. The largest absolute Gasteiger partial charge is 0.283 e. The molecule has 1 aromatic heterocycles. The molecule has 7 nitrogen and oxygen atoms in total. The molecule has 38 heavy (non-hydrogen) atoms. The van der Waals surface area contributed by atoms with Crippen LogP contribution in [0.1, 0.15) is 29.8 Å². The molecule has 8 heteroatoms. The van der Waals surface area contributed by atoms with E-state index >= 15 is 0 Å². The molecular formula is C30H23BrN4O3. The van der Waals surface area contributed by atoms with E-state index in [4.69, 9.17) is 4.98 Å². The Morgan fingerprint density at radius 2 is 1.74 bits per heavy atom. The van der Waals surface area contributed by atoms with Gasteiger partial charge in [-0.15, -0.1) is 0 Å². The number of carbonyl (C=O) groups is 2. The third kappa shape index (κ3) is 2.48. The topological polar surface area (TPSA) is 75.5 Å². The second-order valence-corrected chi connectivity index (χ2v) is 11.6. The molecule has 8 rings (SSSR count). The molecule has 1 spiro atoms. The van der Waals surface area contributed by atoms with Crippen LogP contribution in [0.4, 0.5) is 5.69 Å². The first-order chi connectivity index (χ1) is 18.4. The second-order valence-electron chi connectivity index (χ2n) is 10.7. The summed E-state index contributed by atoms with van der Waals surface area (Å²) in [5, 5.41) is 0.537. The highest BCUT2D eigenvalue weighted by molar-refractivity contribution is 9.10. The van der Waals surface area contributed by atoms with Crippen LogP contribution in [0.25, 0.3) is 16.6 Å². The Labute approximate surface area is 226 Å². The molecule has 0 N–H and O–H groups in total. The van der Waals surface area contributed by atoms with Gasteiger partial charge in [-0.05, 0) is 78.1 Å². The summed E-state index contributed by atoms with van der Waals surface area (Å²) in [6, 6.07) is 20.7. The summed E-state index contributed by atoms with van der Waals surface area (Å²) in [5.74, 6) is -1.05. The number of hydrogen-bond donors (Lipinski definition) is 0. The van der Waals surface area contributed by atoms with Gasteiger partial charge in [-0.2, -0.15) is 0 Å². The van der Waals surface area contributed by atoms with Crippen LogP contribution in [0.3, 0.4) is 0 Å². The highest BCUT2D eigenvalue weighted by Crippen LogP contribution is 2.62. The van der Waals surface area contributed by atoms with Gasteiger partial charge in [-0.1, -0.05) is 36.4 Å². The Balaban J connectivity index is 1.45. The molecule has 4 aliphatic heterocycles. The van der Waals surface area contributed by atoms with Gasteiger partial charge in [0.2, 0.25) is 11.8 Å². The minimum Gasteiger partial charge on any atom is -0.283 e. The summed E-state index contributed by atoms with van der Waals surface area (Å²) in [6.07, 6.45) is 1.75. The summed E-state index contributed by atoms with van der Waals surface area (Å²) in [6.45, 7) is 2.71. The first kappa shape index (κ1) is 22.4. The number of benzene rings is 3. The number of halogens is 1. The van der Waals surface area contributed by atoms with Crippen LogP contribution in [-0.2, 0) is 15.1 Å². The summed E-state index contributed by atoms with van der Waals surface area (Å²) in [7, 11) is 0. The summed E-state index contributed by atoms with van der Waals surface area (Å²) >= 11 is 3.60. The Hall–Kier alpha value is -3.62. The molecule has 0 aliphatic carbocycles. The lowest BCUT2D eigenvalue weighted by Gasteiger charge is -2.38. The van der Waals surface area contributed by atoms with Gasteiger partial charge in [0.15, 0.2) is 0 Å². The molecule has 5 heterocycles. The van der Waals surface area contributed by atoms with Crippen LogP contribution >= 0.6 is 15.9 Å². The van der Waals surface area contributed by atoms with Gasteiger partial charge in [-0.3, -0.25) is 23.9 Å². The lowest BCUT2D eigenvalue weighted by Crippen LogP contribution is -2.51. The minimum atomic E-state index is -0.996. The molecule has 3 saturated heterocycles. The van der Waals surface area contributed by atoms with Gasteiger partial charge < -0.3 is 0 Å². The van der Waals surface area contributed by atoms with E-state index in [1.807, 2.05) is 67.6 Å². The van der Waals surface area contributed by atoms with Crippen molar-refractivity contribution in [3.05, 3.63) is 98.5 Å². The lowest BCUT2D eigenvalue weighted by molar-refractivity contribution is -0.124. The number of fused-ring (bicyclic) bond motifs is 11. The van der Waals surface area contributed by atoms with Gasteiger partial charge in [0.1, 0.15) is 11.4 Å². The van der Waals surface area contributed by atoms with Crippen molar-refractivity contribution in [3.8, 4) is 5.69 Å². The highest BCUT2D eigenvalue weighted by Gasteiger charge is 2.73. The molecule has 4 aliphatic rings. The van der Waals surface area contributed by atoms with Gasteiger partial charge in [0.25, 0.3) is 5.56 Å². The maximum absolute atomic E-state index is 14.5. The molecular weight excluding hydrogens is 544 g/mol. The van der Waals surface area contributed by atoms with Crippen LogP contribution < -0.4 is 10.5 Å². The Morgan fingerprint density at radius 1 is 0.947 bits per heavy atom. The second kappa shape index (κ2) is 7.48. The molecule has 2 amide bonds. The Kier molecular flexibility index (Phi) is 4.41. The van der Waals surface area contributed by atoms with E-state index in [9.17, 15) is 14.4 Å². The van der Waals surface area contributed by atoms with Crippen molar-refractivity contribution >= 4 is 44.3 Å². The number of aryl methyl sites for hydroxylation is 1. The average Bonchev–Trinajstić information content (AvgIpc) is 3.62. The molecule has 3 fully saturated rings. The fourth-order valence-corrected chi connectivity index (χ4v) is 8.31. The maximum atomic E-state index is 14.5. The Morgan fingerprint density at radius 3 is 2.58 bits per heavy atom. The summed E-state index contributed by atoms with van der Waals surface area (Å²) in [5.41, 5.74) is 2.68. The van der Waals surface area contributed by atoms with Gasteiger partial charge >= 0.3 is 0 Å². The zero-order valence-corrected chi connectivity index (χ0v) is 22.2. The maximum Gasteiger partial charge on any atom is 0.266 e. The van der Waals surface area contributed by atoms with E-state index in [-0.39, 0.29) is 23.4 Å². The summed E-state index contributed by atoms with van der Waals surface area (Å²) < 4.78 is 2.40. The van der Waals surface area contributed by atoms with Gasteiger partial charge in [0.05, 0.1) is 34.1 Å². The van der Waals surface area contributed by atoms with Gasteiger partial charge in [-0.25, -0.2) is 9.88 Å². The van der Waals surface area contributed by atoms with E-state index in [0.29, 0.717) is 26.9 Å². The van der Waals surface area contributed by atoms with Crippen LogP contribution in [0.5, 0.6) is 0 Å². The number of hydrogen-bond acceptors (Lipinski definition) is 5. The molecule has 0 radical (unpaired) electrons. The van der Waals surface area contributed by atoms with E-state index in [1.165, 1.54) is 4.90 Å². The average molecular weight is 567 g/mol. The molecule has 4 atom stereocenters. The first-order valence-electron chi connectivity index (χ1n) is 13.0. The number of imide groups is 1. The standard InChI is InChI=1S/C30H23BrN4O3/c1-16-12-13-22(19(31)15-16)34-27(37)24-23-11-6-14-33(23)30(25(24)28(34)38)18-8-3-5-10-21(18)35-26(36)17-7-2-4-9-20(17)32-29(30)35/h2-5,7-10,12-13,15,23-25H,6,11,14H2,1H3/t23-,24+,25-,30+/m0/s1. The lowest BCUT2D eigenvalue weighted by atomic mass is 9.75. The number of para-hydroxylation sites is 2. The SMILES string of the molecule is Cc1ccc(N2C(=O)[C@H]3[C@@H](C2=O)[C@@]2(c4ccccc4-n4c2nc2ccccc2c4=O)N2CCC[C@@H]32)c(Br)c1. The van der Waals surface area contributed by atoms with Crippen molar-refractivity contribution < 1.29 is 9.59 Å². The fraction of sp³-hybridized carbons (Fsp3) is 0.267.